The highest BCUT2D eigenvalue weighted by molar-refractivity contribution is 6.07. The summed E-state index contributed by atoms with van der Waals surface area (Å²) in [5.41, 5.74) is 0.881. The van der Waals surface area contributed by atoms with Crippen molar-refractivity contribution in [1.29, 1.82) is 0 Å². The number of carbonyl (C=O) groups is 2. The second-order valence-electron chi connectivity index (χ2n) is 6.39. The predicted octanol–water partition coefficient (Wildman–Crippen LogP) is 4.33. The number of rotatable bonds is 11. The van der Waals surface area contributed by atoms with Crippen LogP contribution in [0.4, 0.5) is 0 Å². The molecule has 2 aliphatic rings. The van der Waals surface area contributed by atoms with Crippen LogP contribution in [0.15, 0.2) is 36.0 Å². The topological polar surface area (TPSA) is 46.7 Å². The SMILES string of the molecule is CCCCC/C=C\C[C@H]1C=CC(=O)/C1=C/[C@H]1O[C@@H]1CCCC=O. The Morgan fingerprint density at radius 2 is 2.04 bits per heavy atom. The van der Waals surface area contributed by atoms with Crippen LogP contribution >= 0.6 is 0 Å². The molecule has 1 aliphatic carbocycles. The first kappa shape index (κ1) is 17.9. The van der Waals surface area contributed by atoms with Crippen LogP contribution in [-0.4, -0.2) is 24.3 Å². The van der Waals surface area contributed by atoms with Crippen molar-refractivity contribution in [3.05, 3.63) is 36.0 Å². The second kappa shape index (κ2) is 9.61. The predicted molar refractivity (Wildman–Crippen MR) is 92.2 cm³/mol. The Hall–Kier alpha value is -1.48. The smallest absolute Gasteiger partial charge is 0.181 e. The van der Waals surface area contributed by atoms with E-state index in [1.165, 1.54) is 19.3 Å². The number of ether oxygens (including phenoxy) is 1. The molecule has 1 fully saturated rings. The van der Waals surface area contributed by atoms with Crippen LogP contribution in [0.3, 0.4) is 0 Å². The van der Waals surface area contributed by atoms with Gasteiger partial charge in [-0.25, -0.2) is 0 Å². The van der Waals surface area contributed by atoms with E-state index in [0.29, 0.717) is 6.42 Å². The van der Waals surface area contributed by atoms with Gasteiger partial charge in [-0.05, 0) is 44.3 Å². The minimum absolute atomic E-state index is 0.0662. The standard InChI is InChI=1S/C20H28O3/c1-2-3-4-5-6-7-10-16-12-13-18(22)17(16)15-20-19(23-20)11-8-9-14-21/h6-7,12-16,19-20H,2-5,8-11H2,1H3/b7-6-,17-15+/t16-,19+,20+/m0/s1. The molecule has 0 bridgehead atoms. The van der Waals surface area contributed by atoms with Gasteiger partial charge in [0.15, 0.2) is 5.78 Å². The largest absolute Gasteiger partial charge is 0.365 e. The number of carbonyl (C=O) groups excluding carboxylic acids is 2. The molecule has 0 saturated carbocycles. The quantitative estimate of drug-likeness (QED) is 0.187. The molecular formula is C20H28O3. The van der Waals surface area contributed by atoms with Crippen LogP contribution in [-0.2, 0) is 14.3 Å². The van der Waals surface area contributed by atoms with Gasteiger partial charge in [0.05, 0.1) is 6.10 Å². The lowest BCUT2D eigenvalue weighted by atomic mass is 9.96. The molecule has 0 aromatic carbocycles. The fourth-order valence-electron chi connectivity index (χ4n) is 2.99. The highest BCUT2D eigenvalue weighted by Crippen LogP contribution is 2.33. The van der Waals surface area contributed by atoms with Gasteiger partial charge >= 0.3 is 0 Å². The molecule has 2 rings (SSSR count). The summed E-state index contributed by atoms with van der Waals surface area (Å²) in [7, 11) is 0. The average molecular weight is 316 g/mol. The van der Waals surface area contributed by atoms with Crippen molar-refractivity contribution in [3.63, 3.8) is 0 Å². The third-order valence-corrected chi connectivity index (χ3v) is 4.47. The van der Waals surface area contributed by atoms with Gasteiger partial charge in [0.25, 0.3) is 0 Å². The fourth-order valence-corrected chi connectivity index (χ4v) is 2.99. The Balaban J connectivity index is 1.77. The first-order valence-corrected chi connectivity index (χ1v) is 8.94. The van der Waals surface area contributed by atoms with Crippen LogP contribution in [0, 0.1) is 5.92 Å². The molecule has 3 atom stereocenters. The minimum Gasteiger partial charge on any atom is -0.365 e. The summed E-state index contributed by atoms with van der Waals surface area (Å²) in [5.74, 6) is 0.321. The van der Waals surface area contributed by atoms with Gasteiger partial charge in [0, 0.05) is 17.9 Å². The van der Waals surface area contributed by atoms with Crippen molar-refractivity contribution in [2.75, 3.05) is 0 Å². The second-order valence-corrected chi connectivity index (χ2v) is 6.39. The maximum absolute atomic E-state index is 12.0. The number of epoxide rings is 1. The van der Waals surface area contributed by atoms with E-state index in [0.717, 1.165) is 37.5 Å². The van der Waals surface area contributed by atoms with E-state index < -0.39 is 0 Å². The van der Waals surface area contributed by atoms with Crippen LogP contribution in [0.5, 0.6) is 0 Å². The molecule has 126 valence electrons. The van der Waals surface area contributed by atoms with E-state index >= 15 is 0 Å². The van der Waals surface area contributed by atoms with Gasteiger partial charge in [0.2, 0.25) is 0 Å². The number of aldehydes is 1. The number of hydrogen-bond acceptors (Lipinski definition) is 3. The van der Waals surface area contributed by atoms with Gasteiger partial charge in [-0.1, -0.05) is 38.0 Å². The molecule has 3 heteroatoms. The number of hydrogen-bond donors (Lipinski definition) is 0. The molecule has 0 amide bonds. The van der Waals surface area contributed by atoms with Crippen molar-refractivity contribution in [1.82, 2.24) is 0 Å². The lowest BCUT2D eigenvalue weighted by Crippen LogP contribution is -2.04. The summed E-state index contributed by atoms with van der Waals surface area (Å²) in [5, 5.41) is 0. The number of ketones is 1. The summed E-state index contributed by atoms with van der Waals surface area (Å²) in [6.45, 7) is 2.21. The third-order valence-electron chi connectivity index (χ3n) is 4.47. The maximum atomic E-state index is 12.0. The van der Waals surface area contributed by atoms with Crippen molar-refractivity contribution in [3.8, 4) is 0 Å². The lowest BCUT2D eigenvalue weighted by Gasteiger charge is -2.06. The summed E-state index contributed by atoms with van der Waals surface area (Å²) >= 11 is 0. The first-order chi connectivity index (χ1) is 11.3. The first-order valence-electron chi connectivity index (χ1n) is 8.94. The summed E-state index contributed by atoms with van der Waals surface area (Å²) in [6.07, 6.45) is 19.5. The monoisotopic (exact) mass is 316 g/mol. The molecule has 0 spiro atoms. The molecule has 0 aromatic rings. The van der Waals surface area contributed by atoms with Crippen molar-refractivity contribution in [2.24, 2.45) is 5.92 Å². The highest BCUT2D eigenvalue weighted by Gasteiger charge is 2.38. The maximum Gasteiger partial charge on any atom is 0.181 e. The zero-order chi connectivity index (χ0) is 16.5. The average Bonchev–Trinajstić information content (AvgIpc) is 3.20. The summed E-state index contributed by atoms with van der Waals surface area (Å²) in [4.78, 5) is 22.3. The molecule has 1 heterocycles. The van der Waals surface area contributed by atoms with Crippen LogP contribution in [0.25, 0.3) is 0 Å². The zero-order valence-electron chi connectivity index (χ0n) is 14.1. The highest BCUT2D eigenvalue weighted by atomic mass is 16.6. The zero-order valence-corrected chi connectivity index (χ0v) is 14.1. The van der Waals surface area contributed by atoms with E-state index in [2.05, 4.69) is 19.1 Å². The summed E-state index contributed by atoms with van der Waals surface area (Å²) in [6, 6.07) is 0. The molecule has 0 radical (unpaired) electrons. The number of unbranched alkanes of at least 4 members (excludes halogenated alkanes) is 4. The van der Waals surface area contributed by atoms with Crippen molar-refractivity contribution in [2.45, 2.75) is 70.5 Å². The Kier molecular flexibility index (Phi) is 7.47. The van der Waals surface area contributed by atoms with Gasteiger partial charge < -0.3 is 9.53 Å². The van der Waals surface area contributed by atoms with Gasteiger partial charge in [0.1, 0.15) is 12.4 Å². The van der Waals surface area contributed by atoms with Crippen LogP contribution in [0.2, 0.25) is 0 Å². The Morgan fingerprint density at radius 3 is 2.83 bits per heavy atom. The molecule has 1 saturated heterocycles. The Labute approximate surface area is 139 Å². The van der Waals surface area contributed by atoms with Gasteiger partial charge in [-0.2, -0.15) is 0 Å². The van der Waals surface area contributed by atoms with E-state index in [1.807, 2.05) is 12.2 Å². The molecular weight excluding hydrogens is 288 g/mol. The van der Waals surface area contributed by atoms with Gasteiger partial charge in [-0.15, -0.1) is 0 Å². The Bertz CT molecular complexity index is 487. The van der Waals surface area contributed by atoms with E-state index in [4.69, 9.17) is 4.74 Å². The number of allylic oxidation sites excluding steroid dienone is 5. The van der Waals surface area contributed by atoms with Crippen molar-refractivity contribution < 1.29 is 14.3 Å². The van der Waals surface area contributed by atoms with Crippen molar-refractivity contribution >= 4 is 12.1 Å². The summed E-state index contributed by atoms with van der Waals surface area (Å²) < 4.78 is 5.60. The van der Waals surface area contributed by atoms with E-state index in [1.54, 1.807) is 6.08 Å². The van der Waals surface area contributed by atoms with Crippen LogP contribution < -0.4 is 0 Å². The third kappa shape index (κ3) is 5.91. The van der Waals surface area contributed by atoms with E-state index in [9.17, 15) is 9.59 Å². The molecule has 1 aliphatic heterocycles. The molecule has 0 aromatic heterocycles. The van der Waals surface area contributed by atoms with E-state index in [-0.39, 0.29) is 23.9 Å². The fraction of sp³-hybridized carbons (Fsp3) is 0.600. The molecule has 3 nitrogen and oxygen atoms in total. The Morgan fingerprint density at radius 1 is 1.17 bits per heavy atom. The molecule has 23 heavy (non-hydrogen) atoms. The van der Waals surface area contributed by atoms with Crippen LogP contribution in [0.1, 0.15) is 58.3 Å². The molecule has 0 N–H and O–H groups in total. The minimum atomic E-state index is 0.0662. The van der Waals surface area contributed by atoms with Gasteiger partial charge in [-0.3, -0.25) is 4.79 Å². The molecule has 0 unspecified atom stereocenters. The normalized spacial score (nSPS) is 28.1. The lowest BCUT2D eigenvalue weighted by molar-refractivity contribution is -0.111.